The predicted molar refractivity (Wildman–Crippen MR) is 97.8 cm³/mol. The van der Waals surface area contributed by atoms with E-state index in [-0.39, 0.29) is 24.5 Å². The summed E-state index contributed by atoms with van der Waals surface area (Å²) in [6.45, 7) is 0. The first-order chi connectivity index (χ1) is 12.6. The van der Waals surface area contributed by atoms with Crippen LogP contribution in [0.1, 0.15) is 23.2 Å². The Morgan fingerprint density at radius 2 is 1.81 bits per heavy atom. The van der Waals surface area contributed by atoms with E-state index in [0.717, 1.165) is 11.0 Å². The Labute approximate surface area is 150 Å². The summed E-state index contributed by atoms with van der Waals surface area (Å²) in [5, 5.41) is 2.68. The lowest BCUT2D eigenvalue weighted by Crippen LogP contribution is -2.14. The van der Waals surface area contributed by atoms with Crippen LogP contribution in [0.5, 0.6) is 11.5 Å². The van der Waals surface area contributed by atoms with Crippen molar-refractivity contribution in [2.24, 2.45) is 0 Å². The van der Waals surface area contributed by atoms with Crippen LogP contribution in [0.25, 0.3) is 11.0 Å². The summed E-state index contributed by atoms with van der Waals surface area (Å²) in [5.41, 5.74) is 2.08. The molecule has 0 spiro atoms. The molecule has 0 aliphatic carbocycles. The zero-order chi connectivity index (χ0) is 18.5. The van der Waals surface area contributed by atoms with Crippen molar-refractivity contribution in [2.45, 2.75) is 12.8 Å². The number of rotatable bonds is 7. The Kier molecular flexibility index (Phi) is 5.17. The number of aromatic amines is 1. The molecule has 1 aromatic heterocycles. The van der Waals surface area contributed by atoms with Gasteiger partial charge in [-0.15, -0.1) is 0 Å². The Morgan fingerprint density at radius 3 is 2.54 bits per heavy atom. The third-order valence-corrected chi connectivity index (χ3v) is 3.93. The Balaban J connectivity index is 1.59. The van der Waals surface area contributed by atoms with Gasteiger partial charge in [0, 0.05) is 18.4 Å². The molecule has 2 N–H and O–H groups in total. The fourth-order valence-corrected chi connectivity index (χ4v) is 2.59. The number of methoxy groups -OCH3 is 2. The van der Waals surface area contributed by atoms with Crippen molar-refractivity contribution in [1.82, 2.24) is 9.97 Å². The van der Waals surface area contributed by atoms with Crippen molar-refractivity contribution in [3.63, 3.8) is 0 Å². The first-order valence-corrected chi connectivity index (χ1v) is 8.10. The van der Waals surface area contributed by atoms with Gasteiger partial charge in [-0.05, 0) is 30.3 Å². The monoisotopic (exact) mass is 353 g/mol. The van der Waals surface area contributed by atoms with E-state index in [1.54, 1.807) is 18.2 Å². The lowest BCUT2D eigenvalue weighted by Gasteiger charge is -2.09. The number of hydrogen-bond donors (Lipinski definition) is 2. The molecular weight excluding hydrogens is 334 g/mol. The first kappa shape index (κ1) is 17.5. The molecule has 3 rings (SSSR count). The molecule has 2 aromatic carbocycles. The van der Waals surface area contributed by atoms with E-state index in [4.69, 9.17) is 9.47 Å². The standard InChI is InChI=1S/C19H19N3O4/c1-25-16-9-7-12(11-17(16)26-2)15(23)8-10-18(24)22-19-20-13-5-3-4-6-14(13)21-19/h3-7,9,11H,8,10H2,1-2H3,(H2,20,21,22,24). The molecule has 0 unspecified atom stereocenters. The fraction of sp³-hybridized carbons (Fsp3) is 0.211. The molecule has 134 valence electrons. The van der Waals surface area contributed by atoms with Crippen LogP contribution in [0.2, 0.25) is 0 Å². The summed E-state index contributed by atoms with van der Waals surface area (Å²) in [7, 11) is 3.04. The lowest BCUT2D eigenvalue weighted by molar-refractivity contribution is -0.116. The molecule has 3 aromatic rings. The number of nitrogens with zero attached hydrogens (tertiary/aromatic N) is 1. The number of ether oxygens (including phenoxy) is 2. The molecule has 0 aliphatic heterocycles. The second kappa shape index (κ2) is 7.69. The van der Waals surface area contributed by atoms with Crippen LogP contribution in [-0.2, 0) is 4.79 Å². The number of fused-ring (bicyclic) bond motifs is 1. The van der Waals surface area contributed by atoms with Crippen molar-refractivity contribution >= 4 is 28.7 Å². The van der Waals surface area contributed by atoms with Gasteiger partial charge in [0.2, 0.25) is 11.9 Å². The van der Waals surface area contributed by atoms with E-state index in [1.807, 2.05) is 24.3 Å². The van der Waals surface area contributed by atoms with Gasteiger partial charge in [0.25, 0.3) is 0 Å². The summed E-state index contributed by atoms with van der Waals surface area (Å²) in [5.74, 6) is 0.968. The molecule has 26 heavy (non-hydrogen) atoms. The summed E-state index contributed by atoms with van der Waals surface area (Å²) in [4.78, 5) is 31.7. The van der Waals surface area contributed by atoms with Gasteiger partial charge in [-0.25, -0.2) is 4.98 Å². The van der Waals surface area contributed by atoms with Crippen molar-refractivity contribution < 1.29 is 19.1 Å². The number of benzene rings is 2. The molecule has 0 atom stereocenters. The number of carbonyl (C=O) groups is 2. The van der Waals surface area contributed by atoms with E-state index in [1.165, 1.54) is 14.2 Å². The number of para-hydroxylation sites is 2. The normalized spacial score (nSPS) is 10.5. The highest BCUT2D eigenvalue weighted by atomic mass is 16.5. The number of anilines is 1. The number of carbonyl (C=O) groups excluding carboxylic acids is 2. The molecule has 0 radical (unpaired) electrons. The lowest BCUT2D eigenvalue weighted by atomic mass is 10.1. The number of hydrogen-bond acceptors (Lipinski definition) is 5. The summed E-state index contributed by atoms with van der Waals surface area (Å²) < 4.78 is 10.3. The quantitative estimate of drug-likeness (QED) is 0.636. The predicted octanol–water partition coefficient (Wildman–Crippen LogP) is 3.18. The van der Waals surface area contributed by atoms with Gasteiger partial charge >= 0.3 is 0 Å². The number of nitrogens with one attached hydrogen (secondary N) is 2. The van der Waals surface area contributed by atoms with E-state index < -0.39 is 0 Å². The minimum Gasteiger partial charge on any atom is -0.493 e. The minimum absolute atomic E-state index is 0.0597. The third kappa shape index (κ3) is 3.83. The van der Waals surface area contributed by atoms with E-state index in [9.17, 15) is 9.59 Å². The van der Waals surface area contributed by atoms with Crippen molar-refractivity contribution in [2.75, 3.05) is 19.5 Å². The molecule has 7 nitrogen and oxygen atoms in total. The molecule has 0 bridgehead atoms. The molecule has 0 aliphatic rings. The van der Waals surface area contributed by atoms with Gasteiger partial charge in [0.1, 0.15) is 0 Å². The van der Waals surface area contributed by atoms with Crippen LogP contribution in [0.4, 0.5) is 5.95 Å². The first-order valence-electron chi connectivity index (χ1n) is 8.10. The molecule has 1 amide bonds. The number of H-pyrrole nitrogens is 1. The van der Waals surface area contributed by atoms with Crippen LogP contribution in [-0.4, -0.2) is 35.9 Å². The molecule has 0 saturated heterocycles. The number of aromatic nitrogens is 2. The van der Waals surface area contributed by atoms with Gasteiger partial charge in [-0.1, -0.05) is 12.1 Å². The number of Topliss-reactive ketones (excluding diaryl/α,β-unsaturated/α-hetero) is 1. The maximum absolute atomic E-state index is 12.3. The van der Waals surface area contributed by atoms with Crippen molar-refractivity contribution in [1.29, 1.82) is 0 Å². The topological polar surface area (TPSA) is 93.3 Å². The zero-order valence-corrected chi connectivity index (χ0v) is 14.5. The van der Waals surface area contributed by atoms with E-state index in [0.29, 0.717) is 23.0 Å². The van der Waals surface area contributed by atoms with Crippen LogP contribution in [0.3, 0.4) is 0 Å². The van der Waals surface area contributed by atoms with Crippen molar-refractivity contribution in [3.8, 4) is 11.5 Å². The second-order valence-electron chi connectivity index (χ2n) is 5.64. The highest BCUT2D eigenvalue weighted by Crippen LogP contribution is 2.28. The van der Waals surface area contributed by atoms with Crippen LogP contribution >= 0.6 is 0 Å². The summed E-state index contributed by atoms with van der Waals surface area (Å²) in [6, 6.07) is 12.4. The van der Waals surface area contributed by atoms with E-state index in [2.05, 4.69) is 15.3 Å². The summed E-state index contributed by atoms with van der Waals surface area (Å²) >= 11 is 0. The average molecular weight is 353 g/mol. The highest BCUT2D eigenvalue weighted by molar-refractivity contribution is 6.00. The smallest absolute Gasteiger partial charge is 0.227 e. The molecule has 7 heteroatoms. The van der Waals surface area contributed by atoms with Gasteiger partial charge < -0.3 is 14.5 Å². The Bertz CT molecular complexity index is 916. The SMILES string of the molecule is COc1ccc(C(=O)CCC(=O)Nc2nc3ccccc3[nH]2)cc1OC. The maximum atomic E-state index is 12.3. The van der Waals surface area contributed by atoms with Crippen LogP contribution in [0, 0.1) is 0 Å². The van der Waals surface area contributed by atoms with Gasteiger partial charge in [0.05, 0.1) is 25.3 Å². The third-order valence-electron chi connectivity index (χ3n) is 3.93. The Hall–Kier alpha value is -3.35. The number of ketones is 1. The van der Waals surface area contributed by atoms with Gasteiger partial charge in [0.15, 0.2) is 17.3 Å². The van der Waals surface area contributed by atoms with E-state index >= 15 is 0 Å². The maximum Gasteiger partial charge on any atom is 0.227 e. The fourth-order valence-electron chi connectivity index (χ4n) is 2.59. The van der Waals surface area contributed by atoms with Crippen LogP contribution in [0.15, 0.2) is 42.5 Å². The molecule has 0 saturated carbocycles. The van der Waals surface area contributed by atoms with Crippen LogP contribution < -0.4 is 14.8 Å². The van der Waals surface area contributed by atoms with Gasteiger partial charge in [-0.3, -0.25) is 14.9 Å². The number of amides is 1. The Morgan fingerprint density at radius 1 is 1.04 bits per heavy atom. The summed E-state index contributed by atoms with van der Waals surface area (Å²) in [6.07, 6.45) is 0.145. The molecular formula is C19H19N3O4. The van der Waals surface area contributed by atoms with Crippen molar-refractivity contribution in [3.05, 3.63) is 48.0 Å². The average Bonchev–Trinajstić information content (AvgIpc) is 3.07. The zero-order valence-electron chi connectivity index (χ0n) is 14.5. The molecule has 1 heterocycles. The second-order valence-corrected chi connectivity index (χ2v) is 5.64. The number of imidazole rings is 1. The largest absolute Gasteiger partial charge is 0.493 e. The molecule has 0 fully saturated rings. The minimum atomic E-state index is -0.280. The highest BCUT2D eigenvalue weighted by Gasteiger charge is 2.13. The van der Waals surface area contributed by atoms with Gasteiger partial charge in [-0.2, -0.15) is 0 Å².